The molecule has 0 unspecified atom stereocenters. The molecule has 0 fully saturated rings. The first-order valence-corrected chi connectivity index (χ1v) is 4.57. The number of ether oxygens (including phenoxy) is 2. The Morgan fingerprint density at radius 3 is 2.88 bits per heavy atom. The van der Waals surface area contributed by atoms with Gasteiger partial charge in [0.05, 0.1) is 13.7 Å². The highest BCUT2D eigenvalue weighted by Crippen LogP contribution is 2.17. The number of amides is 1. The molecular formula is C10H13FN2O3. The molecule has 6 heteroatoms. The minimum absolute atomic E-state index is 0.133. The molecule has 0 aliphatic carbocycles. The molecule has 0 bridgehead atoms. The molecule has 0 spiro atoms. The molecule has 1 rings (SSSR count). The van der Waals surface area contributed by atoms with Gasteiger partial charge in [-0.3, -0.25) is 10.2 Å². The Morgan fingerprint density at radius 2 is 2.31 bits per heavy atom. The monoisotopic (exact) mass is 228 g/mol. The van der Waals surface area contributed by atoms with Gasteiger partial charge in [-0.25, -0.2) is 10.2 Å². The molecular weight excluding hydrogens is 215 g/mol. The number of nitrogens with two attached hydrogens (primary N) is 1. The Kier molecular flexibility index (Phi) is 4.68. The summed E-state index contributed by atoms with van der Waals surface area (Å²) in [6, 6.07) is 4.44. The lowest BCUT2D eigenvalue weighted by atomic mass is 10.2. The Labute approximate surface area is 92.3 Å². The van der Waals surface area contributed by atoms with Gasteiger partial charge in [0.1, 0.15) is 6.61 Å². The number of carbonyl (C=O) groups excluding carboxylic acids is 1. The Bertz CT molecular complexity index is 371. The van der Waals surface area contributed by atoms with Crippen LogP contribution in [0.25, 0.3) is 0 Å². The van der Waals surface area contributed by atoms with Crippen molar-refractivity contribution in [1.29, 1.82) is 0 Å². The summed E-state index contributed by atoms with van der Waals surface area (Å²) in [7, 11) is 1.39. The zero-order valence-corrected chi connectivity index (χ0v) is 8.83. The molecule has 16 heavy (non-hydrogen) atoms. The van der Waals surface area contributed by atoms with Gasteiger partial charge in [0.2, 0.25) is 0 Å². The first-order valence-electron chi connectivity index (χ1n) is 4.57. The normalized spacial score (nSPS) is 9.94. The third-order valence-corrected chi connectivity index (χ3v) is 1.88. The third-order valence-electron chi connectivity index (χ3n) is 1.88. The van der Waals surface area contributed by atoms with E-state index in [0.29, 0.717) is 5.56 Å². The smallest absolute Gasteiger partial charge is 0.259 e. The lowest BCUT2D eigenvalue weighted by molar-refractivity contribution is -0.126. The van der Waals surface area contributed by atoms with E-state index in [0.717, 1.165) is 0 Å². The molecule has 0 aliphatic rings. The van der Waals surface area contributed by atoms with E-state index in [4.69, 9.17) is 15.3 Å². The van der Waals surface area contributed by atoms with Crippen molar-refractivity contribution in [2.75, 3.05) is 13.7 Å². The second-order valence-corrected chi connectivity index (χ2v) is 3.03. The molecule has 0 saturated heterocycles. The zero-order chi connectivity index (χ0) is 12.0. The summed E-state index contributed by atoms with van der Waals surface area (Å²) < 4.78 is 23.0. The van der Waals surface area contributed by atoms with Gasteiger partial charge in [0.15, 0.2) is 11.6 Å². The van der Waals surface area contributed by atoms with Crippen molar-refractivity contribution in [3.05, 3.63) is 29.6 Å². The highest BCUT2D eigenvalue weighted by atomic mass is 19.1. The Balaban J connectivity index is 2.49. The number of halogens is 1. The minimum atomic E-state index is -0.466. The second-order valence-electron chi connectivity index (χ2n) is 3.03. The summed E-state index contributed by atoms with van der Waals surface area (Å²) in [5, 5.41) is 0. The van der Waals surface area contributed by atoms with Crippen molar-refractivity contribution in [2.45, 2.75) is 6.61 Å². The number of benzene rings is 1. The van der Waals surface area contributed by atoms with Gasteiger partial charge >= 0.3 is 0 Å². The van der Waals surface area contributed by atoms with Gasteiger partial charge in [-0.2, -0.15) is 0 Å². The molecule has 1 aromatic carbocycles. The van der Waals surface area contributed by atoms with Gasteiger partial charge in [-0.1, -0.05) is 6.07 Å². The second kappa shape index (κ2) is 6.04. The summed E-state index contributed by atoms with van der Waals surface area (Å²) >= 11 is 0. The van der Waals surface area contributed by atoms with Gasteiger partial charge in [0.25, 0.3) is 5.91 Å². The van der Waals surface area contributed by atoms with Crippen LogP contribution >= 0.6 is 0 Å². The van der Waals surface area contributed by atoms with Crippen LogP contribution < -0.4 is 16.0 Å². The van der Waals surface area contributed by atoms with Crippen LogP contribution in [0.3, 0.4) is 0 Å². The highest BCUT2D eigenvalue weighted by molar-refractivity contribution is 5.76. The van der Waals surface area contributed by atoms with E-state index in [1.54, 1.807) is 6.07 Å². The van der Waals surface area contributed by atoms with Crippen LogP contribution in [0.15, 0.2) is 18.2 Å². The summed E-state index contributed by atoms with van der Waals surface area (Å²) in [6.45, 7) is -0.0293. The fourth-order valence-electron chi connectivity index (χ4n) is 1.10. The van der Waals surface area contributed by atoms with Gasteiger partial charge in [0, 0.05) is 0 Å². The van der Waals surface area contributed by atoms with E-state index < -0.39 is 11.7 Å². The van der Waals surface area contributed by atoms with Gasteiger partial charge in [-0.15, -0.1) is 0 Å². The van der Waals surface area contributed by atoms with Crippen molar-refractivity contribution in [2.24, 2.45) is 5.84 Å². The van der Waals surface area contributed by atoms with E-state index in [-0.39, 0.29) is 19.0 Å². The molecule has 3 N–H and O–H groups in total. The fraction of sp³-hybridized carbons (Fsp3) is 0.300. The quantitative estimate of drug-likeness (QED) is 0.433. The SMILES string of the molecule is COc1ccc(COCC(=O)NN)cc1F. The molecule has 0 aromatic heterocycles. The largest absolute Gasteiger partial charge is 0.494 e. The van der Waals surface area contributed by atoms with E-state index in [1.165, 1.54) is 19.2 Å². The molecule has 0 heterocycles. The van der Waals surface area contributed by atoms with Crippen molar-refractivity contribution in [1.82, 2.24) is 5.43 Å². The minimum Gasteiger partial charge on any atom is -0.494 e. The van der Waals surface area contributed by atoms with Gasteiger partial charge < -0.3 is 9.47 Å². The number of carbonyl (C=O) groups is 1. The summed E-state index contributed by atoms with van der Waals surface area (Å²) in [5.41, 5.74) is 2.54. The molecule has 0 aliphatic heterocycles. The van der Waals surface area contributed by atoms with Crippen LogP contribution in [0.5, 0.6) is 5.75 Å². The van der Waals surface area contributed by atoms with E-state index in [1.807, 2.05) is 5.43 Å². The van der Waals surface area contributed by atoms with Crippen LogP contribution in [-0.4, -0.2) is 19.6 Å². The topological polar surface area (TPSA) is 73.6 Å². The number of methoxy groups -OCH3 is 1. The maximum absolute atomic E-state index is 13.2. The maximum atomic E-state index is 13.2. The van der Waals surface area contributed by atoms with Crippen molar-refractivity contribution < 1.29 is 18.7 Å². The van der Waals surface area contributed by atoms with E-state index >= 15 is 0 Å². The van der Waals surface area contributed by atoms with Crippen molar-refractivity contribution in [3.8, 4) is 5.75 Å². The summed E-state index contributed by atoms with van der Waals surface area (Å²) in [4.78, 5) is 10.7. The first kappa shape index (κ1) is 12.4. The maximum Gasteiger partial charge on any atom is 0.259 e. The molecule has 5 nitrogen and oxygen atoms in total. The van der Waals surface area contributed by atoms with Crippen LogP contribution in [-0.2, 0) is 16.1 Å². The van der Waals surface area contributed by atoms with Crippen LogP contribution in [0.1, 0.15) is 5.56 Å². The number of hydrazine groups is 1. The fourth-order valence-corrected chi connectivity index (χ4v) is 1.10. The third kappa shape index (κ3) is 3.48. The number of rotatable bonds is 5. The summed E-state index contributed by atoms with van der Waals surface area (Å²) in [5.74, 6) is 4.13. The molecule has 0 radical (unpaired) electrons. The zero-order valence-electron chi connectivity index (χ0n) is 8.83. The average Bonchev–Trinajstić information content (AvgIpc) is 2.29. The van der Waals surface area contributed by atoms with E-state index in [2.05, 4.69) is 0 Å². The Morgan fingerprint density at radius 1 is 1.56 bits per heavy atom. The van der Waals surface area contributed by atoms with Crippen LogP contribution in [0.4, 0.5) is 4.39 Å². The lowest BCUT2D eigenvalue weighted by Gasteiger charge is -2.06. The Hall–Kier alpha value is -1.66. The van der Waals surface area contributed by atoms with Gasteiger partial charge in [-0.05, 0) is 17.7 Å². The molecule has 0 atom stereocenters. The number of nitrogens with one attached hydrogen (secondary N) is 1. The molecule has 1 aromatic rings. The van der Waals surface area contributed by atoms with E-state index in [9.17, 15) is 9.18 Å². The van der Waals surface area contributed by atoms with Crippen LogP contribution in [0.2, 0.25) is 0 Å². The number of hydrogen-bond donors (Lipinski definition) is 2. The number of hydrogen-bond acceptors (Lipinski definition) is 4. The average molecular weight is 228 g/mol. The highest BCUT2D eigenvalue weighted by Gasteiger charge is 2.04. The van der Waals surface area contributed by atoms with Crippen molar-refractivity contribution >= 4 is 5.91 Å². The molecule has 88 valence electrons. The summed E-state index contributed by atoms with van der Waals surface area (Å²) in [6.07, 6.45) is 0. The predicted molar refractivity (Wildman–Crippen MR) is 54.9 cm³/mol. The predicted octanol–water partition coefficient (Wildman–Crippen LogP) is 0.341. The standard InChI is InChI=1S/C10H13FN2O3/c1-15-9-3-2-7(4-8(9)11)5-16-6-10(14)13-12/h2-4H,5-6,12H2,1H3,(H,13,14). The first-order chi connectivity index (χ1) is 7.67. The molecule has 1 amide bonds. The van der Waals surface area contributed by atoms with Crippen LogP contribution in [0, 0.1) is 5.82 Å². The van der Waals surface area contributed by atoms with Crippen molar-refractivity contribution in [3.63, 3.8) is 0 Å². The molecule has 0 saturated carbocycles. The lowest BCUT2D eigenvalue weighted by Crippen LogP contribution is -2.33.